The highest BCUT2D eigenvalue weighted by Crippen LogP contribution is 2.38. The van der Waals surface area contributed by atoms with Crippen molar-refractivity contribution in [1.29, 1.82) is 0 Å². The van der Waals surface area contributed by atoms with Crippen LogP contribution >= 0.6 is 0 Å². The molecule has 2 rings (SSSR count). The summed E-state index contributed by atoms with van der Waals surface area (Å²) in [4.78, 5) is 11.6. The number of rotatable bonds is 8. The zero-order chi connectivity index (χ0) is 18.2. The minimum Gasteiger partial charge on any atom is -0.466 e. The van der Waals surface area contributed by atoms with Gasteiger partial charge in [-0.3, -0.25) is 4.79 Å². The molecule has 2 aliphatic rings. The lowest BCUT2D eigenvalue weighted by molar-refractivity contribution is -0.147. The van der Waals surface area contributed by atoms with Gasteiger partial charge in [0.15, 0.2) is 0 Å². The second kappa shape index (κ2) is 9.03. The minimum atomic E-state index is -0.0669. The Kier molecular flexibility index (Phi) is 7.04. The van der Waals surface area contributed by atoms with Gasteiger partial charge in [-0.25, -0.2) is 0 Å². The maximum atomic E-state index is 11.6. The van der Waals surface area contributed by atoms with E-state index in [-0.39, 0.29) is 22.7 Å². The first-order chi connectivity index (χ1) is 12.0. The van der Waals surface area contributed by atoms with Crippen molar-refractivity contribution < 1.29 is 9.53 Å². The number of carbonyl (C=O) groups excluding carboxylic acids is 1. The molecule has 136 valence electrons. The quantitative estimate of drug-likeness (QED) is 0.311. The van der Waals surface area contributed by atoms with E-state index in [0.29, 0.717) is 6.61 Å². The average Bonchev–Trinajstić information content (AvgIpc) is 2.62. The Labute approximate surface area is 153 Å². The van der Waals surface area contributed by atoms with Crippen molar-refractivity contribution in [3.05, 3.63) is 60.8 Å². The summed E-state index contributed by atoms with van der Waals surface area (Å²) in [5, 5.41) is 0. The van der Waals surface area contributed by atoms with Crippen molar-refractivity contribution in [2.45, 2.75) is 52.9 Å². The van der Waals surface area contributed by atoms with Gasteiger partial charge in [0.25, 0.3) is 0 Å². The second-order valence-electron chi connectivity index (χ2n) is 7.41. The highest BCUT2D eigenvalue weighted by molar-refractivity contribution is 5.71. The topological polar surface area (TPSA) is 26.3 Å². The average molecular weight is 341 g/mol. The summed E-state index contributed by atoms with van der Waals surface area (Å²) in [6.45, 7) is 6.52. The maximum absolute atomic E-state index is 11.6. The summed E-state index contributed by atoms with van der Waals surface area (Å²) >= 11 is 0. The number of carbonyl (C=O) groups is 1. The predicted molar refractivity (Wildman–Crippen MR) is 105 cm³/mol. The van der Waals surface area contributed by atoms with Crippen molar-refractivity contribution >= 4 is 5.97 Å². The molecule has 2 nitrogen and oxygen atoms in total. The summed E-state index contributed by atoms with van der Waals surface area (Å²) in [5.74, 6) is -0.0544. The summed E-state index contributed by atoms with van der Waals surface area (Å²) in [7, 11) is 0. The Morgan fingerprint density at radius 2 is 1.80 bits per heavy atom. The van der Waals surface area contributed by atoms with E-state index >= 15 is 0 Å². The standard InChI is InChI=1S/C23H32O2/c1-4-25-21(24)20(2)12-8-5-6-9-13-22(3)16-18-23(19-17-22)14-10-7-11-15-23/h9-11,13-20H,4-8,12H2,1-3H3/b13-9-. The van der Waals surface area contributed by atoms with Gasteiger partial charge in [-0.15, -0.1) is 0 Å². The van der Waals surface area contributed by atoms with Gasteiger partial charge >= 0.3 is 5.97 Å². The van der Waals surface area contributed by atoms with Gasteiger partial charge in [0, 0.05) is 10.8 Å². The number of esters is 1. The number of ether oxygens (including phenoxy) is 1. The molecule has 0 aromatic carbocycles. The van der Waals surface area contributed by atoms with Crippen LogP contribution in [0.4, 0.5) is 0 Å². The van der Waals surface area contributed by atoms with Gasteiger partial charge in [-0.2, -0.15) is 0 Å². The molecule has 0 N–H and O–H groups in total. The molecule has 0 aliphatic heterocycles. The molecule has 0 aromatic heterocycles. The van der Waals surface area contributed by atoms with Crippen LogP contribution in [0.2, 0.25) is 0 Å². The molecule has 0 fully saturated rings. The first-order valence-corrected chi connectivity index (χ1v) is 9.59. The molecule has 0 bridgehead atoms. The van der Waals surface area contributed by atoms with E-state index in [2.05, 4.69) is 67.7 Å². The van der Waals surface area contributed by atoms with E-state index < -0.39 is 0 Å². The van der Waals surface area contributed by atoms with Crippen molar-refractivity contribution in [1.82, 2.24) is 0 Å². The van der Waals surface area contributed by atoms with Crippen LogP contribution in [0.1, 0.15) is 52.9 Å². The Balaban J connectivity index is 1.72. The van der Waals surface area contributed by atoms with Crippen LogP contribution in [0.15, 0.2) is 60.8 Å². The first kappa shape index (κ1) is 19.5. The largest absolute Gasteiger partial charge is 0.466 e. The smallest absolute Gasteiger partial charge is 0.308 e. The van der Waals surface area contributed by atoms with E-state index in [4.69, 9.17) is 4.74 Å². The lowest BCUT2D eigenvalue weighted by Gasteiger charge is -2.30. The molecule has 0 radical (unpaired) electrons. The molecule has 0 aromatic rings. The molecule has 0 amide bonds. The minimum absolute atomic E-state index is 0.00258. The van der Waals surface area contributed by atoms with Crippen molar-refractivity contribution in [2.24, 2.45) is 16.7 Å². The van der Waals surface area contributed by atoms with Crippen LogP contribution < -0.4 is 0 Å². The van der Waals surface area contributed by atoms with Crippen LogP contribution in [-0.2, 0) is 9.53 Å². The molecule has 1 atom stereocenters. The van der Waals surface area contributed by atoms with Crippen LogP contribution in [0, 0.1) is 16.7 Å². The molecule has 0 saturated carbocycles. The maximum Gasteiger partial charge on any atom is 0.308 e. The van der Waals surface area contributed by atoms with E-state index in [1.165, 1.54) is 0 Å². The first-order valence-electron chi connectivity index (χ1n) is 9.59. The van der Waals surface area contributed by atoms with Crippen LogP contribution in [0.25, 0.3) is 0 Å². The van der Waals surface area contributed by atoms with Crippen molar-refractivity contribution in [3.8, 4) is 0 Å². The summed E-state index contributed by atoms with van der Waals surface area (Å²) in [6.07, 6.45) is 27.9. The van der Waals surface area contributed by atoms with Crippen LogP contribution in [-0.4, -0.2) is 12.6 Å². The highest BCUT2D eigenvalue weighted by atomic mass is 16.5. The third-order valence-electron chi connectivity index (χ3n) is 4.97. The fourth-order valence-corrected chi connectivity index (χ4v) is 3.22. The lowest BCUT2D eigenvalue weighted by Crippen LogP contribution is -2.18. The number of allylic oxidation sites excluding steroid dienone is 10. The third-order valence-corrected chi connectivity index (χ3v) is 4.97. The van der Waals surface area contributed by atoms with Crippen LogP contribution in [0.5, 0.6) is 0 Å². The lowest BCUT2D eigenvalue weighted by atomic mass is 9.74. The molecular formula is C23H32O2. The van der Waals surface area contributed by atoms with Gasteiger partial charge in [-0.1, -0.05) is 74.1 Å². The van der Waals surface area contributed by atoms with Crippen molar-refractivity contribution in [2.75, 3.05) is 6.61 Å². The SMILES string of the molecule is CCOC(=O)C(C)CCCC/C=C\C1(C)C=CC2(C=CCC=C2)C=C1. The molecule has 1 unspecified atom stereocenters. The molecule has 2 aliphatic carbocycles. The predicted octanol–water partition coefficient (Wildman–Crippen LogP) is 5.94. The number of hydrogen-bond donors (Lipinski definition) is 0. The zero-order valence-electron chi connectivity index (χ0n) is 15.9. The van der Waals surface area contributed by atoms with E-state index in [1.807, 2.05) is 13.8 Å². The Morgan fingerprint density at radius 1 is 1.12 bits per heavy atom. The zero-order valence-corrected chi connectivity index (χ0v) is 15.9. The molecular weight excluding hydrogens is 308 g/mol. The molecule has 1 spiro atoms. The Hall–Kier alpha value is -1.83. The van der Waals surface area contributed by atoms with E-state index in [0.717, 1.165) is 32.1 Å². The normalized spacial score (nSPS) is 21.1. The van der Waals surface area contributed by atoms with Gasteiger partial charge in [0.1, 0.15) is 0 Å². The number of unbranched alkanes of at least 4 members (excludes halogenated alkanes) is 2. The van der Waals surface area contributed by atoms with Crippen molar-refractivity contribution in [3.63, 3.8) is 0 Å². The van der Waals surface area contributed by atoms with Crippen LogP contribution in [0.3, 0.4) is 0 Å². The number of hydrogen-bond acceptors (Lipinski definition) is 2. The van der Waals surface area contributed by atoms with E-state index in [9.17, 15) is 4.79 Å². The monoisotopic (exact) mass is 340 g/mol. The third kappa shape index (κ3) is 5.88. The highest BCUT2D eigenvalue weighted by Gasteiger charge is 2.26. The fraction of sp³-hybridized carbons (Fsp3) is 0.522. The van der Waals surface area contributed by atoms with Gasteiger partial charge in [0.05, 0.1) is 12.5 Å². The molecule has 2 heteroatoms. The molecule has 0 saturated heterocycles. The summed E-state index contributed by atoms with van der Waals surface area (Å²) < 4.78 is 5.04. The van der Waals surface area contributed by atoms with Gasteiger partial charge in [-0.05, 0) is 39.5 Å². The summed E-state index contributed by atoms with van der Waals surface area (Å²) in [5.41, 5.74) is -0.00254. The van der Waals surface area contributed by atoms with E-state index in [1.54, 1.807) is 0 Å². The van der Waals surface area contributed by atoms with Gasteiger partial charge < -0.3 is 4.74 Å². The van der Waals surface area contributed by atoms with Gasteiger partial charge in [0.2, 0.25) is 0 Å². The fourth-order valence-electron chi connectivity index (χ4n) is 3.22. The summed E-state index contributed by atoms with van der Waals surface area (Å²) in [6, 6.07) is 0. The molecule has 25 heavy (non-hydrogen) atoms. The molecule has 0 heterocycles. The second-order valence-corrected chi connectivity index (χ2v) is 7.41. The Bertz CT molecular complexity index is 561. The Morgan fingerprint density at radius 3 is 2.44 bits per heavy atom.